The van der Waals surface area contributed by atoms with Gasteiger partial charge >= 0.3 is 0 Å². The monoisotopic (exact) mass is 409 g/mol. The molecule has 0 bridgehead atoms. The first-order valence-electron chi connectivity index (χ1n) is 10.3. The van der Waals surface area contributed by atoms with Crippen LogP contribution < -0.4 is 16.0 Å². The van der Waals surface area contributed by atoms with Gasteiger partial charge in [0.1, 0.15) is 11.3 Å². The predicted molar refractivity (Wildman–Crippen MR) is 112 cm³/mol. The van der Waals surface area contributed by atoms with Crippen LogP contribution >= 0.6 is 0 Å². The van der Waals surface area contributed by atoms with Gasteiger partial charge in [-0.25, -0.2) is 0 Å². The van der Waals surface area contributed by atoms with Gasteiger partial charge in [-0.3, -0.25) is 14.5 Å². The Morgan fingerprint density at radius 3 is 2.77 bits per heavy atom. The number of primary amides is 1. The molecule has 1 saturated heterocycles. The number of hydrogen-bond donors (Lipinski definition) is 3. The molecule has 0 spiro atoms. The van der Waals surface area contributed by atoms with Crippen LogP contribution in [0.4, 0.5) is 0 Å². The van der Waals surface area contributed by atoms with Crippen LogP contribution in [0.25, 0.3) is 0 Å². The summed E-state index contributed by atoms with van der Waals surface area (Å²) in [6.45, 7) is 3.00. The number of nitrogens with two attached hydrogens (primary N) is 1. The molecule has 7 heteroatoms. The minimum absolute atomic E-state index is 0.0280. The van der Waals surface area contributed by atoms with Crippen LogP contribution in [0, 0.1) is 12.8 Å². The van der Waals surface area contributed by atoms with Crippen LogP contribution in [0.1, 0.15) is 39.2 Å². The number of fused-ring (bicyclic) bond motifs is 4. The first-order valence-corrected chi connectivity index (χ1v) is 10.3. The topological polar surface area (TPSA) is 109 Å². The van der Waals surface area contributed by atoms with Gasteiger partial charge in [0.2, 0.25) is 0 Å². The van der Waals surface area contributed by atoms with Gasteiger partial charge < -0.3 is 20.6 Å². The van der Waals surface area contributed by atoms with E-state index in [0.717, 1.165) is 41.1 Å². The van der Waals surface area contributed by atoms with Gasteiger partial charge in [-0.15, -0.1) is 0 Å². The zero-order valence-corrected chi connectivity index (χ0v) is 17.5. The number of aromatic nitrogens is 1. The van der Waals surface area contributed by atoms with Crippen LogP contribution in [0.5, 0.6) is 5.75 Å². The molecule has 7 nitrogen and oxygen atoms in total. The molecule has 30 heavy (non-hydrogen) atoms. The maximum atomic E-state index is 12.5. The maximum Gasteiger partial charge on any atom is 0.261 e. The van der Waals surface area contributed by atoms with E-state index in [-0.39, 0.29) is 11.6 Å². The second-order valence-electron chi connectivity index (χ2n) is 9.27. The molecular weight excluding hydrogens is 382 g/mol. The summed E-state index contributed by atoms with van der Waals surface area (Å²) in [5.74, 6) is 0.377. The van der Waals surface area contributed by atoms with E-state index in [9.17, 15) is 14.7 Å². The summed E-state index contributed by atoms with van der Waals surface area (Å²) in [4.78, 5) is 29.3. The quantitative estimate of drug-likeness (QED) is 0.698. The zero-order chi connectivity index (χ0) is 21.4. The smallest absolute Gasteiger partial charge is 0.261 e. The van der Waals surface area contributed by atoms with Crippen molar-refractivity contribution >= 4 is 5.91 Å². The number of amides is 1. The van der Waals surface area contributed by atoms with E-state index in [4.69, 9.17) is 10.5 Å². The Morgan fingerprint density at radius 2 is 2.10 bits per heavy atom. The summed E-state index contributed by atoms with van der Waals surface area (Å²) in [6.07, 6.45) is 1.70. The Hall–Kier alpha value is -2.64. The van der Waals surface area contributed by atoms with E-state index < -0.39 is 22.5 Å². The molecule has 1 saturated carbocycles. The van der Waals surface area contributed by atoms with Crippen molar-refractivity contribution in [1.82, 2.24) is 9.88 Å². The highest BCUT2D eigenvalue weighted by Crippen LogP contribution is 2.61. The number of ether oxygens (including phenoxy) is 1. The molecule has 3 aliphatic rings. The van der Waals surface area contributed by atoms with Gasteiger partial charge in [0.05, 0.1) is 12.7 Å². The van der Waals surface area contributed by atoms with Crippen molar-refractivity contribution in [3.05, 3.63) is 62.6 Å². The third-order valence-corrected chi connectivity index (χ3v) is 7.75. The molecule has 1 aromatic heterocycles. The van der Waals surface area contributed by atoms with Crippen molar-refractivity contribution in [3.8, 4) is 5.75 Å². The summed E-state index contributed by atoms with van der Waals surface area (Å²) in [5.41, 5.74) is 7.03. The largest absolute Gasteiger partial charge is 0.497 e. The van der Waals surface area contributed by atoms with Crippen LogP contribution in [-0.2, 0) is 18.3 Å². The molecule has 1 aromatic carbocycles. The summed E-state index contributed by atoms with van der Waals surface area (Å²) in [6, 6.07) is 7.60. The third-order valence-electron chi connectivity index (χ3n) is 7.75. The van der Waals surface area contributed by atoms with Gasteiger partial charge in [0, 0.05) is 36.5 Å². The number of likely N-dealkylation sites (tertiary alicyclic amines) is 1. The van der Waals surface area contributed by atoms with E-state index >= 15 is 0 Å². The molecule has 1 aliphatic heterocycles. The number of methoxy groups -OCH3 is 1. The molecule has 5 rings (SSSR count). The van der Waals surface area contributed by atoms with Crippen molar-refractivity contribution in [1.29, 1.82) is 0 Å². The Balaban J connectivity index is 1.74. The van der Waals surface area contributed by atoms with E-state index in [2.05, 4.69) is 16.8 Å². The fourth-order valence-corrected chi connectivity index (χ4v) is 6.53. The molecule has 2 fully saturated rings. The van der Waals surface area contributed by atoms with E-state index in [1.807, 2.05) is 25.2 Å². The number of aryl methyl sites for hydroxylation is 1. The minimum Gasteiger partial charge on any atom is -0.497 e. The number of nitrogens with one attached hydrogen (secondary N) is 1. The molecular formula is C23H27N3O4. The van der Waals surface area contributed by atoms with Crippen molar-refractivity contribution in [2.24, 2.45) is 11.7 Å². The van der Waals surface area contributed by atoms with Crippen LogP contribution in [0.3, 0.4) is 0 Å². The summed E-state index contributed by atoms with van der Waals surface area (Å²) >= 11 is 0. The fraction of sp³-hybridized carbons (Fsp3) is 0.478. The standard InChI is InChI=1S/C23H27N3O4/c1-12-4-5-15(30-3)7-17(12)22-8-14-11-26(2)19(14)23(22,29)9-13-6-16(20(24)27)21(28)25-18(13)10-22/h4-7,14,19,29H,8-11H2,1-3H3,(H2,24,27)(H,25,28). The molecule has 0 radical (unpaired) electrons. The molecule has 4 N–H and O–H groups in total. The summed E-state index contributed by atoms with van der Waals surface area (Å²) in [7, 11) is 3.69. The summed E-state index contributed by atoms with van der Waals surface area (Å²) < 4.78 is 5.50. The number of hydrogen-bond acceptors (Lipinski definition) is 5. The van der Waals surface area contributed by atoms with Gasteiger partial charge in [0.25, 0.3) is 11.5 Å². The van der Waals surface area contributed by atoms with Crippen molar-refractivity contribution in [2.45, 2.75) is 43.2 Å². The first-order chi connectivity index (χ1) is 14.2. The molecule has 158 valence electrons. The first kappa shape index (κ1) is 19.3. The van der Waals surface area contributed by atoms with E-state index in [1.54, 1.807) is 13.2 Å². The van der Waals surface area contributed by atoms with E-state index in [0.29, 0.717) is 18.8 Å². The molecule has 2 aromatic rings. The third kappa shape index (κ3) is 2.33. The lowest BCUT2D eigenvalue weighted by Gasteiger charge is -2.53. The molecule has 1 amide bonds. The second kappa shape index (κ2) is 6.18. The number of aromatic amines is 1. The number of nitrogens with zero attached hydrogens (tertiary/aromatic N) is 1. The number of rotatable bonds is 3. The number of likely N-dealkylation sites (N-methyl/N-ethyl adjacent to an activating group) is 1. The fourth-order valence-electron chi connectivity index (χ4n) is 6.53. The Morgan fingerprint density at radius 1 is 1.33 bits per heavy atom. The lowest BCUT2D eigenvalue weighted by Crippen LogP contribution is -2.67. The SMILES string of the molecule is COc1ccc(C)c(C23Cc4[nH]c(=O)c(C(N)=O)cc4CC2(O)C2C(CN2C)C3)c1. The lowest BCUT2D eigenvalue weighted by molar-refractivity contribution is -0.108. The molecule has 2 aliphatic carbocycles. The van der Waals surface area contributed by atoms with Crippen molar-refractivity contribution in [3.63, 3.8) is 0 Å². The number of benzene rings is 1. The van der Waals surface area contributed by atoms with E-state index in [1.165, 1.54) is 0 Å². The highest BCUT2D eigenvalue weighted by atomic mass is 16.5. The number of aliphatic hydroxyl groups is 1. The number of pyridine rings is 1. The molecule has 2 heterocycles. The number of H-pyrrole nitrogens is 1. The molecule has 4 unspecified atom stereocenters. The van der Waals surface area contributed by atoms with Gasteiger partial charge in [0.15, 0.2) is 0 Å². The molecule has 4 atom stereocenters. The van der Waals surface area contributed by atoms with Gasteiger partial charge in [-0.1, -0.05) is 6.07 Å². The summed E-state index contributed by atoms with van der Waals surface area (Å²) in [5, 5.41) is 12.3. The second-order valence-corrected chi connectivity index (χ2v) is 9.27. The highest BCUT2D eigenvalue weighted by Gasteiger charge is 2.69. The minimum atomic E-state index is -1.03. The Bertz CT molecular complexity index is 1130. The van der Waals surface area contributed by atoms with Gasteiger partial charge in [-0.05, 0) is 61.2 Å². The van der Waals surface area contributed by atoms with Crippen LogP contribution in [0.2, 0.25) is 0 Å². The number of carbonyl (C=O) groups excluding carboxylic acids is 1. The maximum absolute atomic E-state index is 12.5. The average molecular weight is 409 g/mol. The average Bonchev–Trinajstić information content (AvgIpc) is 2.88. The predicted octanol–water partition coefficient (Wildman–Crippen LogP) is 0.892. The highest BCUT2D eigenvalue weighted by molar-refractivity contribution is 5.92. The van der Waals surface area contributed by atoms with Crippen molar-refractivity contribution < 1.29 is 14.6 Å². The van der Waals surface area contributed by atoms with Crippen LogP contribution in [0.15, 0.2) is 29.1 Å². The van der Waals surface area contributed by atoms with Crippen LogP contribution in [-0.4, -0.2) is 53.2 Å². The normalized spacial score (nSPS) is 32.0. The van der Waals surface area contributed by atoms with Crippen molar-refractivity contribution in [2.75, 3.05) is 20.7 Å². The Labute approximate surface area is 174 Å². The Kier molecular flexibility index (Phi) is 3.98. The number of carbonyl (C=O) groups is 1. The zero-order valence-electron chi connectivity index (χ0n) is 17.5. The van der Waals surface area contributed by atoms with Gasteiger partial charge in [-0.2, -0.15) is 0 Å². The lowest BCUT2D eigenvalue weighted by atomic mass is 9.59.